The minimum Gasteiger partial charge on any atom is -0.338 e. The molecule has 1 aromatic heterocycles. The summed E-state index contributed by atoms with van der Waals surface area (Å²) in [6.07, 6.45) is 2.56. The van der Waals surface area contributed by atoms with Crippen LogP contribution in [-0.4, -0.2) is 23.3 Å². The van der Waals surface area contributed by atoms with E-state index >= 15 is 0 Å². The molecule has 0 atom stereocenters. The van der Waals surface area contributed by atoms with Crippen LogP contribution in [0.3, 0.4) is 0 Å². The Bertz CT molecular complexity index is 531. The maximum Gasteiger partial charge on any atom is 0.321 e. The van der Waals surface area contributed by atoms with Gasteiger partial charge in [0.25, 0.3) is 0 Å². The van der Waals surface area contributed by atoms with Crippen molar-refractivity contribution in [2.24, 2.45) is 0 Å². The lowest BCUT2D eigenvalue weighted by Gasteiger charge is -2.05. The average Bonchev–Trinajstić information content (AvgIpc) is 2.93. The Balaban J connectivity index is 1.57. The lowest BCUT2D eigenvalue weighted by molar-refractivity contribution is 0.252. The van der Waals surface area contributed by atoms with E-state index in [-0.39, 0.29) is 6.03 Å². The largest absolute Gasteiger partial charge is 0.338 e. The number of halogens is 1. The molecule has 0 bridgehead atoms. The van der Waals surface area contributed by atoms with Gasteiger partial charge in [-0.05, 0) is 36.4 Å². The molecule has 0 aliphatic rings. The first-order valence-corrected chi connectivity index (χ1v) is 8.31. The second-order valence-electron chi connectivity index (χ2n) is 3.87. The van der Waals surface area contributed by atoms with Gasteiger partial charge in [0.1, 0.15) is 0 Å². The Kier molecular flexibility index (Phi) is 6.17. The van der Waals surface area contributed by atoms with Crippen molar-refractivity contribution in [1.82, 2.24) is 10.3 Å². The van der Waals surface area contributed by atoms with Gasteiger partial charge in [-0.2, -0.15) is 0 Å². The van der Waals surface area contributed by atoms with E-state index in [1.54, 1.807) is 18.0 Å². The summed E-state index contributed by atoms with van der Waals surface area (Å²) in [7, 11) is 0. The molecule has 0 radical (unpaired) electrons. The predicted molar refractivity (Wildman–Crippen MR) is 85.9 cm³/mol. The fourth-order valence-corrected chi connectivity index (χ4v) is 2.92. The van der Waals surface area contributed by atoms with Crippen molar-refractivity contribution in [3.63, 3.8) is 0 Å². The number of amides is 2. The van der Waals surface area contributed by atoms with E-state index in [0.717, 1.165) is 17.2 Å². The number of anilines is 1. The molecule has 0 unspecified atom stereocenters. The van der Waals surface area contributed by atoms with Crippen molar-refractivity contribution in [1.29, 1.82) is 0 Å². The molecule has 4 nitrogen and oxygen atoms in total. The van der Waals surface area contributed by atoms with Crippen molar-refractivity contribution in [2.75, 3.05) is 17.6 Å². The summed E-state index contributed by atoms with van der Waals surface area (Å²) in [6.45, 7) is 0.637. The van der Waals surface area contributed by atoms with E-state index in [2.05, 4.69) is 15.6 Å². The smallest absolute Gasteiger partial charge is 0.321 e. The highest BCUT2D eigenvalue weighted by molar-refractivity contribution is 7.99. The number of hydrogen-bond acceptors (Lipinski definition) is 4. The van der Waals surface area contributed by atoms with Gasteiger partial charge in [0.15, 0.2) is 5.13 Å². The van der Waals surface area contributed by atoms with Gasteiger partial charge in [0.05, 0.1) is 0 Å². The third-order valence-corrected chi connectivity index (χ3v) is 4.38. The van der Waals surface area contributed by atoms with E-state index in [4.69, 9.17) is 11.6 Å². The minimum atomic E-state index is -0.212. The Hall–Kier alpha value is -1.24. The van der Waals surface area contributed by atoms with Crippen LogP contribution < -0.4 is 10.6 Å². The summed E-state index contributed by atoms with van der Waals surface area (Å²) < 4.78 is 0. The number of nitrogens with one attached hydrogen (secondary N) is 2. The number of hydrogen-bond donors (Lipinski definition) is 2. The Morgan fingerprint density at radius 3 is 2.85 bits per heavy atom. The van der Waals surface area contributed by atoms with Crippen molar-refractivity contribution >= 4 is 45.9 Å². The lowest BCUT2D eigenvalue weighted by atomic mass is 10.4. The summed E-state index contributed by atoms with van der Waals surface area (Å²) in [6, 6.07) is 7.54. The average molecular weight is 328 g/mol. The lowest BCUT2D eigenvalue weighted by Crippen LogP contribution is -2.29. The fraction of sp³-hybridized carbons (Fsp3) is 0.231. The number of urea groups is 1. The van der Waals surface area contributed by atoms with E-state index < -0.39 is 0 Å². The summed E-state index contributed by atoms with van der Waals surface area (Å²) in [5, 5.41) is 8.64. The van der Waals surface area contributed by atoms with Gasteiger partial charge in [-0.15, -0.1) is 23.1 Å². The van der Waals surface area contributed by atoms with Crippen LogP contribution >= 0.6 is 34.7 Å². The van der Waals surface area contributed by atoms with Crippen molar-refractivity contribution in [3.05, 3.63) is 40.9 Å². The van der Waals surface area contributed by atoms with Crippen molar-refractivity contribution < 1.29 is 4.79 Å². The van der Waals surface area contributed by atoms with E-state index in [1.807, 2.05) is 29.6 Å². The molecule has 2 N–H and O–H groups in total. The molecule has 0 aliphatic heterocycles. The first kappa shape index (κ1) is 15.2. The van der Waals surface area contributed by atoms with Gasteiger partial charge in [-0.3, -0.25) is 5.32 Å². The van der Waals surface area contributed by atoms with Crippen LogP contribution in [0, 0.1) is 0 Å². The highest BCUT2D eigenvalue weighted by Crippen LogP contribution is 2.20. The van der Waals surface area contributed by atoms with Crippen LogP contribution in [0.25, 0.3) is 0 Å². The molecule has 2 rings (SSSR count). The third-order valence-electron chi connectivity index (χ3n) is 2.34. The molecule has 0 aliphatic carbocycles. The van der Waals surface area contributed by atoms with Gasteiger partial charge >= 0.3 is 6.03 Å². The maximum absolute atomic E-state index is 11.5. The molecule has 106 valence electrons. The molecule has 0 saturated carbocycles. The van der Waals surface area contributed by atoms with Gasteiger partial charge < -0.3 is 5.32 Å². The minimum absolute atomic E-state index is 0.212. The third kappa shape index (κ3) is 5.40. The van der Waals surface area contributed by atoms with E-state index in [9.17, 15) is 4.79 Å². The van der Waals surface area contributed by atoms with Crippen LogP contribution in [0.2, 0.25) is 5.02 Å². The van der Waals surface area contributed by atoms with Gasteiger partial charge in [-0.25, -0.2) is 9.78 Å². The number of carbonyl (C=O) groups excluding carboxylic acids is 1. The predicted octanol–water partition coefficient (Wildman–Crippen LogP) is 4.10. The SMILES string of the molecule is O=C(NCCCSc1ccc(Cl)cc1)Nc1nccs1. The molecule has 1 heterocycles. The van der Waals surface area contributed by atoms with Gasteiger partial charge in [-0.1, -0.05) is 11.6 Å². The fourth-order valence-electron chi connectivity index (χ4n) is 1.42. The Morgan fingerprint density at radius 1 is 1.35 bits per heavy atom. The number of nitrogens with zero attached hydrogens (tertiary/aromatic N) is 1. The first-order chi connectivity index (χ1) is 9.74. The summed E-state index contributed by atoms with van der Waals surface area (Å²) in [5.41, 5.74) is 0. The number of carbonyl (C=O) groups is 1. The molecular weight excluding hydrogens is 314 g/mol. The number of thiazole rings is 1. The zero-order chi connectivity index (χ0) is 14.2. The zero-order valence-corrected chi connectivity index (χ0v) is 13.0. The second-order valence-corrected chi connectivity index (χ2v) is 6.37. The Labute approximate surface area is 130 Å². The number of thioether (sulfide) groups is 1. The number of rotatable bonds is 6. The molecule has 0 fully saturated rings. The Morgan fingerprint density at radius 2 is 2.15 bits per heavy atom. The summed E-state index contributed by atoms with van der Waals surface area (Å²) >= 11 is 8.96. The molecule has 2 amide bonds. The quantitative estimate of drug-likeness (QED) is 0.620. The highest BCUT2D eigenvalue weighted by Gasteiger charge is 2.02. The van der Waals surface area contributed by atoms with Crippen molar-refractivity contribution in [2.45, 2.75) is 11.3 Å². The van der Waals surface area contributed by atoms with Crippen LogP contribution in [0.4, 0.5) is 9.93 Å². The monoisotopic (exact) mass is 327 g/mol. The summed E-state index contributed by atoms with van der Waals surface area (Å²) in [5.74, 6) is 0.944. The number of benzene rings is 1. The zero-order valence-electron chi connectivity index (χ0n) is 10.6. The topological polar surface area (TPSA) is 54.0 Å². The normalized spacial score (nSPS) is 10.2. The maximum atomic E-state index is 11.5. The molecule has 2 aromatic rings. The molecule has 0 saturated heterocycles. The van der Waals surface area contributed by atoms with Crippen molar-refractivity contribution in [3.8, 4) is 0 Å². The van der Waals surface area contributed by atoms with Crippen LogP contribution in [-0.2, 0) is 0 Å². The summed E-state index contributed by atoms with van der Waals surface area (Å²) in [4.78, 5) is 16.7. The molecule has 7 heteroatoms. The van der Waals surface area contributed by atoms with Crippen LogP contribution in [0.15, 0.2) is 40.7 Å². The number of aromatic nitrogens is 1. The highest BCUT2D eigenvalue weighted by atomic mass is 35.5. The molecule has 0 spiro atoms. The van der Waals surface area contributed by atoms with E-state index in [1.165, 1.54) is 16.2 Å². The van der Waals surface area contributed by atoms with E-state index in [0.29, 0.717) is 11.7 Å². The van der Waals surface area contributed by atoms with Crippen LogP contribution in [0.1, 0.15) is 6.42 Å². The first-order valence-electron chi connectivity index (χ1n) is 6.07. The molecule has 1 aromatic carbocycles. The second kappa shape index (κ2) is 8.14. The standard InChI is InChI=1S/C13H14ClN3OS2/c14-10-2-4-11(5-3-10)19-8-1-6-15-12(18)17-13-16-7-9-20-13/h2-5,7,9H,1,6,8H2,(H2,15,16,17,18). The van der Waals surface area contributed by atoms with Crippen LogP contribution in [0.5, 0.6) is 0 Å². The van der Waals surface area contributed by atoms with Gasteiger partial charge in [0, 0.05) is 28.0 Å². The van der Waals surface area contributed by atoms with Gasteiger partial charge in [0.2, 0.25) is 0 Å². The molecular formula is C13H14ClN3OS2. The molecule has 20 heavy (non-hydrogen) atoms.